The monoisotopic (exact) mass is 304 g/mol. The Hall–Kier alpha value is -2.34. The fourth-order valence-electron chi connectivity index (χ4n) is 2.67. The number of carboxylic acid groups (broad SMARTS) is 1. The van der Waals surface area contributed by atoms with Crippen LogP contribution < -0.4 is 5.32 Å². The first-order valence-corrected chi connectivity index (χ1v) is 7.15. The predicted octanol–water partition coefficient (Wildman–Crippen LogP) is 1.86. The number of benzene rings is 1. The van der Waals surface area contributed by atoms with Crippen molar-refractivity contribution in [1.82, 2.24) is 10.4 Å². The second kappa shape index (κ2) is 7.09. The van der Waals surface area contributed by atoms with Gasteiger partial charge in [0.2, 0.25) is 0 Å². The molecule has 2 atom stereocenters. The van der Waals surface area contributed by atoms with Gasteiger partial charge in [0.1, 0.15) is 18.1 Å². The molecule has 1 aromatic rings. The molecule has 0 aromatic heterocycles. The van der Waals surface area contributed by atoms with E-state index >= 15 is 0 Å². The summed E-state index contributed by atoms with van der Waals surface area (Å²) < 4.78 is 0. The van der Waals surface area contributed by atoms with Crippen molar-refractivity contribution < 1.29 is 19.5 Å². The largest absolute Gasteiger partial charge is 0.477 e. The molecule has 2 unspecified atom stereocenters. The number of rotatable bonds is 7. The zero-order chi connectivity index (χ0) is 16.1. The fourth-order valence-corrected chi connectivity index (χ4v) is 2.67. The van der Waals surface area contributed by atoms with Gasteiger partial charge in [-0.15, -0.1) is 0 Å². The van der Waals surface area contributed by atoms with Crippen LogP contribution in [0.1, 0.15) is 31.2 Å². The maximum absolute atomic E-state index is 11.5. The molecule has 22 heavy (non-hydrogen) atoms. The molecule has 0 bridgehead atoms. The van der Waals surface area contributed by atoms with E-state index < -0.39 is 5.97 Å². The summed E-state index contributed by atoms with van der Waals surface area (Å²) in [7, 11) is 1.50. The summed E-state index contributed by atoms with van der Waals surface area (Å²) in [4.78, 5) is 27.5. The van der Waals surface area contributed by atoms with Crippen molar-refractivity contribution in [3.8, 4) is 0 Å². The maximum Gasteiger partial charge on any atom is 0.353 e. The van der Waals surface area contributed by atoms with Gasteiger partial charge in [0.25, 0.3) is 0 Å². The highest BCUT2D eigenvalue weighted by atomic mass is 16.7. The highest BCUT2D eigenvalue weighted by Gasteiger charge is 2.38. The van der Waals surface area contributed by atoms with Crippen LogP contribution in [0.3, 0.4) is 0 Å². The van der Waals surface area contributed by atoms with Crippen molar-refractivity contribution in [3.05, 3.63) is 47.3 Å². The van der Waals surface area contributed by atoms with E-state index in [4.69, 9.17) is 4.84 Å². The minimum atomic E-state index is -1.05. The number of hydrogen-bond acceptors (Lipinski definition) is 5. The number of hydrogen-bond donors (Lipinski definition) is 2. The van der Waals surface area contributed by atoms with Crippen molar-refractivity contribution >= 4 is 12.3 Å². The Bertz CT molecular complexity index is 571. The van der Waals surface area contributed by atoms with E-state index in [0.29, 0.717) is 12.1 Å². The van der Waals surface area contributed by atoms with Crippen molar-refractivity contribution in [3.63, 3.8) is 0 Å². The lowest BCUT2D eigenvalue weighted by Crippen LogP contribution is -2.41. The summed E-state index contributed by atoms with van der Waals surface area (Å²) in [5.41, 5.74) is 1.66. The molecule has 2 rings (SSSR count). The number of aliphatic carboxylic acids is 1. The number of aldehydes is 1. The fraction of sp³-hybridized carbons (Fsp3) is 0.375. The Morgan fingerprint density at radius 3 is 2.68 bits per heavy atom. The second-order valence-corrected chi connectivity index (χ2v) is 5.13. The summed E-state index contributed by atoms with van der Waals surface area (Å²) in [6, 6.07) is 9.80. The van der Waals surface area contributed by atoms with Gasteiger partial charge in [0.15, 0.2) is 0 Å². The SMILES string of the molecule is CON1C(CCC=O)=C(C(=O)O)NC1C(C)c1ccccc1. The third kappa shape index (κ3) is 3.12. The van der Waals surface area contributed by atoms with Gasteiger partial charge in [-0.05, 0) is 12.0 Å². The van der Waals surface area contributed by atoms with E-state index in [1.807, 2.05) is 37.3 Å². The van der Waals surface area contributed by atoms with E-state index in [0.717, 1.165) is 11.8 Å². The summed E-state index contributed by atoms with van der Waals surface area (Å²) in [5.74, 6) is -1.05. The molecule has 1 heterocycles. The second-order valence-electron chi connectivity index (χ2n) is 5.13. The number of nitrogens with one attached hydrogen (secondary N) is 1. The van der Waals surface area contributed by atoms with Crippen LogP contribution in [0, 0.1) is 0 Å². The molecule has 0 saturated carbocycles. The van der Waals surface area contributed by atoms with Crippen LogP contribution in [0.2, 0.25) is 0 Å². The molecule has 0 aliphatic carbocycles. The number of carbonyl (C=O) groups excluding carboxylic acids is 1. The molecule has 6 heteroatoms. The highest BCUT2D eigenvalue weighted by Crippen LogP contribution is 2.32. The Balaban J connectivity index is 2.28. The van der Waals surface area contributed by atoms with Crippen molar-refractivity contribution in [2.24, 2.45) is 0 Å². The number of allylic oxidation sites excluding steroid dienone is 1. The van der Waals surface area contributed by atoms with E-state index in [9.17, 15) is 14.7 Å². The molecule has 2 N–H and O–H groups in total. The number of carboxylic acids is 1. The van der Waals surface area contributed by atoms with Gasteiger partial charge in [-0.1, -0.05) is 37.3 Å². The van der Waals surface area contributed by atoms with Gasteiger partial charge in [0.05, 0.1) is 12.8 Å². The van der Waals surface area contributed by atoms with Gasteiger partial charge in [-0.3, -0.25) is 4.84 Å². The van der Waals surface area contributed by atoms with Crippen molar-refractivity contribution in [2.45, 2.75) is 31.8 Å². The molecule has 1 aromatic carbocycles. The van der Waals surface area contributed by atoms with Crippen LogP contribution in [-0.4, -0.2) is 35.7 Å². The van der Waals surface area contributed by atoms with Gasteiger partial charge in [0, 0.05) is 12.3 Å². The molecular formula is C16H20N2O4. The molecule has 0 saturated heterocycles. The Morgan fingerprint density at radius 1 is 1.45 bits per heavy atom. The maximum atomic E-state index is 11.5. The summed E-state index contributed by atoms with van der Waals surface area (Å²) in [6.07, 6.45) is 1.01. The lowest BCUT2D eigenvalue weighted by atomic mass is 9.98. The lowest BCUT2D eigenvalue weighted by Gasteiger charge is -2.31. The molecule has 1 aliphatic rings. The van der Waals surface area contributed by atoms with Gasteiger partial charge in [-0.2, -0.15) is 0 Å². The number of hydroxylamine groups is 2. The van der Waals surface area contributed by atoms with Crippen LogP contribution in [-0.2, 0) is 14.4 Å². The minimum Gasteiger partial charge on any atom is -0.477 e. The minimum absolute atomic E-state index is 0.00392. The molecule has 0 spiro atoms. The first-order valence-electron chi connectivity index (χ1n) is 7.15. The number of carbonyl (C=O) groups is 2. The standard InChI is InChI=1S/C16H20N2O4/c1-11(12-7-4-3-5-8-12)15-17-14(16(20)21)13(9-6-10-19)18(15)22-2/h3-5,7-8,10-11,15,17H,6,9H2,1-2H3,(H,20,21). The van der Waals surface area contributed by atoms with Crippen LogP contribution >= 0.6 is 0 Å². The molecule has 0 amide bonds. The molecule has 6 nitrogen and oxygen atoms in total. The Kier molecular flexibility index (Phi) is 5.16. The molecule has 0 radical (unpaired) electrons. The topological polar surface area (TPSA) is 78.9 Å². The molecule has 0 fully saturated rings. The summed E-state index contributed by atoms with van der Waals surface area (Å²) >= 11 is 0. The highest BCUT2D eigenvalue weighted by molar-refractivity contribution is 5.87. The summed E-state index contributed by atoms with van der Waals surface area (Å²) in [5, 5.41) is 13.9. The van der Waals surface area contributed by atoms with E-state index in [1.54, 1.807) is 5.06 Å². The quantitative estimate of drug-likeness (QED) is 0.749. The number of nitrogens with zero attached hydrogens (tertiary/aromatic N) is 1. The smallest absolute Gasteiger partial charge is 0.353 e. The Labute approximate surface area is 129 Å². The van der Waals surface area contributed by atoms with Crippen molar-refractivity contribution in [2.75, 3.05) is 7.11 Å². The first-order chi connectivity index (χ1) is 10.6. The van der Waals surface area contributed by atoms with Gasteiger partial charge < -0.3 is 15.2 Å². The third-order valence-corrected chi connectivity index (χ3v) is 3.81. The van der Waals surface area contributed by atoms with Crippen LogP contribution in [0.25, 0.3) is 0 Å². The average Bonchev–Trinajstić information content (AvgIpc) is 2.91. The zero-order valence-corrected chi connectivity index (χ0v) is 12.7. The van der Waals surface area contributed by atoms with E-state index in [-0.39, 0.29) is 24.2 Å². The first kappa shape index (κ1) is 16.0. The third-order valence-electron chi connectivity index (χ3n) is 3.81. The van der Waals surface area contributed by atoms with Crippen LogP contribution in [0.15, 0.2) is 41.7 Å². The molecule has 1 aliphatic heterocycles. The lowest BCUT2D eigenvalue weighted by molar-refractivity contribution is -0.134. The molecular weight excluding hydrogens is 284 g/mol. The zero-order valence-electron chi connectivity index (χ0n) is 12.7. The summed E-state index contributed by atoms with van der Waals surface area (Å²) in [6.45, 7) is 2.00. The van der Waals surface area contributed by atoms with Crippen molar-refractivity contribution in [1.29, 1.82) is 0 Å². The normalized spacial score (nSPS) is 19.0. The van der Waals surface area contributed by atoms with E-state index in [1.165, 1.54) is 7.11 Å². The van der Waals surface area contributed by atoms with Crippen LogP contribution in [0.5, 0.6) is 0 Å². The van der Waals surface area contributed by atoms with Gasteiger partial charge >= 0.3 is 5.97 Å². The average molecular weight is 304 g/mol. The predicted molar refractivity (Wildman–Crippen MR) is 80.6 cm³/mol. The molecule has 118 valence electrons. The Morgan fingerprint density at radius 2 is 2.14 bits per heavy atom. The van der Waals surface area contributed by atoms with Gasteiger partial charge in [-0.25, -0.2) is 9.86 Å². The van der Waals surface area contributed by atoms with Crippen LogP contribution in [0.4, 0.5) is 0 Å². The van der Waals surface area contributed by atoms with E-state index in [2.05, 4.69) is 5.32 Å².